The maximum atomic E-state index is 13.0. The Kier molecular flexibility index (Phi) is 7.77. The Morgan fingerprint density at radius 2 is 1.74 bits per heavy atom. The van der Waals surface area contributed by atoms with Crippen LogP contribution in [0.5, 0.6) is 11.5 Å². The minimum Gasteiger partial charge on any atom is -0.493 e. The molecule has 0 bridgehead atoms. The van der Waals surface area contributed by atoms with Gasteiger partial charge in [-0.3, -0.25) is 14.5 Å². The van der Waals surface area contributed by atoms with Crippen LogP contribution in [0.1, 0.15) is 32.6 Å². The second kappa shape index (κ2) is 11.0. The fourth-order valence-electron chi connectivity index (χ4n) is 3.61. The summed E-state index contributed by atoms with van der Waals surface area (Å²) in [6.07, 6.45) is -3.04. The summed E-state index contributed by atoms with van der Waals surface area (Å²) in [5, 5.41) is 8.41. The first kappa shape index (κ1) is 26.8. The molecule has 1 heterocycles. The summed E-state index contributed by atoms with van der Waals surface area (Å²) in [6, 6.07) is 15.6. The first-order valence-electron chi connectivity index (χ1n) is 11.1. The van der Waals surface area contributed by atoms with E-state index >= 15 is 0 Å². The number of carbonyl (C=O) groups excluding carboxylic acids is 2. The lowest BCUT2D eigenvalue weighted by atomic mass is 10.1. The molecular formula is C27H20F3NO6S. The van der Waals surface area contributed by atoms with Crippen LogP contribution in [0, 0.1) is 0 Å². The topological polar surface area (TPSA) is 93.1 Å². The largest absolute Gasteiger partial charge is 0.493 e. The van der Waals surface area contributed by atoms with Crippen molar-refractivity contribution >= 4 is 35.0 Å². The fourth-order valence-corrected chi connectivity index (χ4v) is 4.45. The van der Waals surface area contributed by atoms with E-state index in [0.717, 1.165) is 22.6 Å². The van der Waals surface area contributed by atoms with Gasteiger partial charge in [0.25, 0.3) is 11.1 Å². The first-order valence-corrected chi connectivity index (χ1v) is 11.9. The van der Waals surface area contributed by atoms with Crippen molar-refractivity contribution in [1.29, 1.82) is 0 Å². The summed E-state index contributed by atoms with van der Waals surface area (Å²) in [5.74, 6) is -0.863. The van der Waals surface area contributed by atoms with E-state index in [1.54, 1.807) is 30.3 Å². The third-order valence-electron chi connectivity index (χ3n) is 5.55. The van der Waals surface area contributed by atoms with Crippen LogP contribution >= 0.6 is 11.8 Å². The molecule has 4 rings (SSSR count). The number of rotatable bonds is 8. The van der Waals surface area contributed by atoms with Crippen LogP contribution in [-0.4, -0.2) is 34.2 Å². The van der Waals surface area contributed by atoms with Gasteiger partial charge in [0, 0.05) is 0 Å². The standard InChI is InChI=1S/C27H20F3NO6S/c1-36-22-12-17(7-10-21(22)37-15-16-5-8-19(9-6-16)25(33)34)13-23-24(32)31(26(35)38-23)14-18-3-2-4-20(11-18)27(28,29)30/h2-13H,14-15H2,1H3,(H,33,34)/b23-13-. The number of carboxylic acids is 1. The molecule has 0 saturated carbocycles. The summed E-state index contributed by atoms with van der Waals surface area (Å²) in [5.41, 5.74) is 0.781. The van der Waals surface area contributed by atoms with E-state index in [9.17, 15) is 27.6 Å². The number of carboxylic acid groups (broad SMARTS) is 1. The molecule has 1 aliphatic heterocycles. The normalized spacial score (nSPS) is 14.7. The van der Waals surface area contributed by atoms with Gasteiger partial charge < -0.3 is 14.6 Å². The van der Waals surface area contributed by atoms with Crippen molar-refractivity contribution in [1.82, 2.24) is 4.90 Å². The van der Waals surface area contributed by atoms with Crippen LogP contribution in [0.15, 0.2) is 71.6 Å². The molecule has 3 aromatic carbocycles. The van der Waals surface area contributed by atoms with Crippen LogP contribution in [0.2, 0.25) is 0 Å². The van der Waals surface area contributed by atoms with E-state index in [-0.39, 0.29) is 29.2 Å². The van der Waals surface area contributed by atoms with Gasteiger partial charge in [-0.2, -0.15) is 13.2 Å². The average molecular weight is 544 g/mol. The SMILES string of the molecule is COc1cc(/C=C2\SC(=O)N(Cc3cccc(C(F)(F)F)c3)C2=O)ccc1OCc1ccc(C(=O)O)cc1. The van der Waals surface area contributed by atoms with Gasteiger partial charge >= 0.3 is 12.1 Å². The predicted octanol–water partition coefficient (Wildman–Crippen LogP) is 6.23. The number of imide groups is 1. The number of thioether (sulfide) groups is 1. The van der Waals surface area contributed by atoms with Crippen molar-refractivity contribution in [3.63, 3.8) is 0 Å². The highest BCUT2D eigenvalue weighted by atomic mass is 32.2. The van der Waals surface area contributed by atoms with Crippen molar-refractivity contribution in [3.05, 3.63) is 99.5 Å². The Balaban J connectivity index is 1.46. The summed E-state index contributed by atoms with van der Waals surface area (Å²) >= 11 is 0.696. The molecule has 1 N–H and O–H groups in total. The van der Waals surface area contributed by atoms with Gasteiger partial charge in [0.2, 0.25) is 0 Å². The monoisotopic (exact) mass is 543 g/mol. The van der Waals surface area contributed by atoms with Gasteiger partial charge in [-0.25, -0.2) is 4.79 Å². The highest BCUT2D eigenvalue weighted by Crippen LogP contribution is 2.36. The zero-order valence-corrected chi connectivity index (χ0v) is 20.6. The Morgan fingerprint density at radius 3 is 2.39 bits per heavy atom. The number of carbonyl (C=O) groups is 3. The van der Waals surface area contributed by atoms with Crippen LogP contribution in [0.25, 0.3) is 6.08 Å². The number of amides is 2. The van der Waals surface area contributed by atoms with Crippen molar-refractivity contribution in [3.8, 4) is 11.5 Å². The predicted molar refractivity (Wildman–Crippen MR) is 134 cm³/mol. The molecule has 0 unspecified atom stereocenters. The van der Waals surface area contributed by atoms with E-state index in [0.29, 0.717) is 28.8 Å². The summed E-state index contributed by atoms with van der Waals surface area (Å²) in [4.78, 5) is 37.3. The lowest BCUT2D eigenvalue weighted by Crippen LogP contribution is -2.27. The molecule has 11 heteroatoms. The van der Waals surface area contributed by atoms with E-state index in [4.69, 9.17) is 14.6 Å². The van der Waals surface area contributed by atoms with Gasteiger partial charge in [-0.1, -0.05) is 30.3 Å². The lowest BCUT2D eigenvalue weighted by Gasteiger charge is -2.14. The minimum absolute atomic E-state index is 0.121. The molecule has 0 atom stereocenters. The molecule has 0 spiro atoms. The summed E-state index contributed by atoms with van der Waals surface area (Å²) in [7, 11) is 1.44. The number of alkyl halides is 3. The van der Waals surface area contributed by atoms with Crippen molar-refractivity contribution in [2.24, 2.45) is 0 Å². The molecule has 1 saturated heterocycles. The van der Waals surface area contributed by atoms with Crippen LogP contribution < -0.4 is 9.47 Å². The van der Waals surface area contributed by atoms with E-state index in [1.165, 1.54) is 37.5 Å². The maximum Gasteiger partial charge on any atom is 0.416 e. The molecule has 0 aromatic heterocycles. The Morgan fingerprint density at radius 1 is 1.00 bits per heavy atom. The first-order chi connectivity index (χ1) is 18.0. The maximum absolute atomic E-state index is 13.0. The Bertz CT molecular complexity index is 1420. The molecular weight excluding hydrogens is 523 g/mol. The molecule has 0 radical (unpaired) electrons. The van der Waals surface area contributed by atoms with Gasteiger partial charge in [-0.05, 0) is 70.9 Å². The van der Waals surface area contributed by atoms with E-state index in [2.05, 4.69) is 0 Å². The molecule has 7 nitrogen and oxygen atoms in total. The second-order valence-electron chi connectivity index (χ2n) is 8.17. The van der Waals surface area contributed by atoms with Crippen molar-refractivity contribution < 1.29 is 42.1 Å². The molecule has 1 aliphatic rings. The van der Waals surface area contributed by atoms with Gasteiger partial charge in [0.1, 0.15) is 6.61 Å². The highest BCUT2D eigenvalue weighted by Gasteiger charge is 2.36. The van der Waals surface area contributed by atoms with Gasteiger partial charge in [0.15, 0.2) is 11.5 Å². The molecule has 38 heavy (non-hydrogen) atoms. The Labute approximate surface area is 219 Å². The van der Waals surface area contributed by atoms with Crippen LogP contribution in [0.4, 0.5) is 18.0 Å². The summed E-state index contributed by atoms with van der Waals surface area (Å²) < 4.78 is 50.2. The highest BCUT2D eigenvalue weighted by molar-refractivity contribution is 8.18. The number of nitrogens with zero attached hydrogens (tertiary/aromatic N) is 1. The van der Waals surface area contributed by atoms with E-state index < -0.39 is 28.9 Å². The van der Waals surface area contributed by atoms with Crippen molar-refractivity contribution in [2.45, 2.75) is 19.3 Å². The molecule has 3 aromatic rings. The number of aromatic carboxylic acids is 1. The number of ether oxygens (including phenoxy) is 2. The molecule has 196 valence electrons. The van der Waals surface area contributed by atoms with Crippen LogP contribution in [-0.2, 0) is 24.1 Å². The average Bonchev–Trinajstić information content (AvgIpc) is 3.15. The quantitative estimate of drug-likeness (QED) is 0.337. The molecule has 0 aliphatic carbocycles. The van der Waals surface area contributed by atoms with Gasteiger partial charge in [0.05, 0.1) is 29.7 Å². The Hall–Kier alpha value is -4.25. The van der Waals surface area contributed by atoms with E-state index in [1.807, 2.05) is 0 Å². The minimum atomic E-state index is -4.53. The third-order valence-corrected chi connectivity index (χ3v) is 6.46. The lowest BCUT2D eigenvalue weighted by molar-refractivity contribution is -0.137. The number of hydrogen-bond donors (Lipinski definition) is 1. The molecule has 1 fully saturated rings. The van der Waals surface area contributed by atoms with Crippen LogP contribution in [0.3, 0.4) is 0 Å². The number of halogens is 3. The molecule has 2 amide bonds. The second-order valence-corrected chi connectivity index (χ2v) is 9.16. The zero-order valence-electron chi connectivity index (χ0n) is 19.8. The summed E-state index contributed by atoms with van der Waals surface area (Å²) in [6.45, 7) is -0.125. The van der Waals surface area contributed by atoms with Crippen molar-refractivity contribution in [2.75, 3.05) is 7.11 Å². The number of hydrogen-bond acceptors (Lipinski definition) is 6. The smallest absolute Gasteiger partial charge is 0.416 e. The number of benzene rings is 3. The zero-order chi connectivity index (χ0) is 27.4. The third kappa shape index (κ3) is 6.17. The fraction of sp³-hybridized carbons (Fsp3) is 0.148. The van der Waals surface area contributed by atoms with Gasteiger partial charge in [-0.15, -0.1) is 0 Å². The number of methoxy groups -OCH3 is 1.